The van der Waals surface area contributed by atoms with Crippen LogP contribution in [-0.4, -0.2) is 0 Å². The molecule has 2 rings (SSSR count). The van der Waals surface area contributed by atoms with Gasteiger partial charge in [-0.25, -0.2) is 0 Å². The van der Waals surface area contributed by atoms with Gasteiger partial charge in [-0.05, 0) is 28.8 Å². The molecule has 0 heterocycles. The summed E-state index contributed by atoms with van der Waals surface area (Å²) in [5.41, 5.74) is 13.9. The molecule has 94 valence electrons. The Morgan fingerprint density at radius 2 is 1.89 bits per heavy atom. The highest BCUT2D eigenvalue weighted by atomic mass is 32.2. The van der Waals surface area contributed by atoms with Crippen molar-refractivity contribution in [2.45, 2.75) is 12.7 Å². The Bertz CT molecular complexity index is 602. The van der Waals surface area contributed by atoms with Gasteiger partial charge in [0.25, 0.3) is 0 Å². The Labute approximate surface area is 117 Å². The zero-order chi connectivity index (χ0) is 13.1. The molecule has 2 nitrogen and oxygen atoms in total. The molecule has 0 unspecified atom stereocenters. The van der Waals surface area contributed by atoms with Crippen molar-refractivity contribution in [2.75, 3.05) is 0 Å². The van der Waals surface area contributed by atoms with Crippen molar-refractivity contribution < 1.29 is 0 Å². The molecule has 0 spiro atoms. The highest BCUT2D eigenvalue weighted by Gasteiger charge is 2.06. The van der Waals surface area contributed by atoms with Crippen LogP contribution in [0.25, 0.3) is 10.8 Å². The van der Waals surface area contributed by atoms with Gasteiger partial charge >= 0.3 is 0 Å². The Hall–Kier alpha value is -1.26. The fourth-order valence-electron chi connectivity index (χ4n) is 1.86. The summed E-state index contributed by atoms with van der Waals surface area (Å²) in [6.45, 7) is 2.12. The summed E-state index contributed by atoms with van der Waals surface area (Å²) in [5.74, 6) is 0.806. The predicted molar refractivity (Wildman–Crippen MR) is 84.4 cm³/mol. The quantitative estimate of drug-likeness (QED) is 0.754. The van der Waals surface area contributed by atoms with Crippen LogP contribution in [0.2, 0.25) is 0 Å². The van der Waals surface area contributed by atoms with E-state index in [1.807, 2.05) is 0 Å². The van der Waals surface area contributed by atoms with E-state index in [9.17, 15) is 0 Å². The van der Waals surface area contributed by atoms with Crippen LogP contribution in [0.3, 0.4) is 0 Å². The molecule has 2 aromatic carbocycles. The minimum atomic E-state index is 0.387. The number of rotatable bonds is 3. The molecule has 0 bridgehead atoms. The van der Waals surface area contributed by atoms with Gasteiger partial charge in [0.15, 0.2) is 0 Å². The molecule has 0 fully saturated rings. The van der Waals surface area contributed by atoms with Crippen LogP contribution in [-0.2, 0) is 5.75 Å². The molecule has 0 radical (unpaired) electrons. The SMILES string of the molecule is Cc1ccc2ccccc2c1CS/C(N)=C(\N)S. The highest BCUT2D eigenvalue weighted by Crippen LogP contribution is 2.28. The number of benzene rings is 2. The van der Waals surface area contributed by atoms with Crippen LogP contribution in [0.1, 0.15) is 11.1 Å². The smallest absolute Gasteiger partial charge is 0.0957 e. The van der Waals surface area contributed by atoms with Gasteiger partial charge in [0.05, 0.1) is 10.1 Å². The summed E-state index contributed by atoms with van der Waals surface area (Å²) < 4.78 is 0. The van der Waals surface area contributed by atoms with Crippen molar-refractivity contribution in [3.05, 3.63) is 57.6 Å². The summed E-state index contributed by atoms with van der Waals surface area (Å²) in [4.78, 5) is 0. The lowest BCUT2D eigenvalue weighted by atomic mass is 10.0. The predicted octanol–water partition coefficient (Wildman–Crippen LogP) is 3.36. The van der Waals surface area contributed by atoms with Gasteiger partial charge in [-0.2, -0.15) is 0 Å². The van der Waals surface area contributed by atoms with E-state index in [0.717, 1.165) is 5.75 Å². The van der Waals surface area contributed by atoms with Crippen LogP contribution in [0.5, 0.6) is 0 Å². The molecule has 0 aliphatic carbocycles. The van der Waals surface area contributed by atoms with Gasteiger partial charge in [-0.1, -0.05) is 36.4 Å². The molecule has 0 amide bonds. The number of thiol groups is 1. The van der Waals surface area contributed by atoms with Crippen LogP contribution in [0.4, 0.5) is 0 Å². The van der Waals surface area contributed by atoms with Crippen molar-refractivity contribution in [1.29, 1.82) is 0 Å². The van der Waals surface area contributed by atoms with E-state index in [0.29, 0.717) is 10.1 Å². The van der Waals surface area contributed by atoms with Crippen molar-refractivity contribution in [3.63, 3.8) is 0 Å². The van der Waals surface area contributed by atoms with Crippen LogP contribution in [0, 0.1) is 6.92 Å². The second kappa shape index (κ2) is 5.59. The molecule has 0 aromatic heterocycles. The zero-order valence-corrected chi connectivity index (χ0v) is 11.9. The van der Waals surface area contributed by atoms with Gasteiger partial charge < -0.3 is 11.5 Å². The van der Waals surface area contributed by atoms with Crippen molar-refractivity contribution in [3.8, 4) is 0 Å². The number of thioether (sulfide) groups is 1. The van der Waals surface area contributed by atoms with E-state index in [1.165, 1.54) is 33.7 Å². The van der Waals surface area contributed by atoms with Crippen LogP contribution in [0.15, 0.2) is 46.5 Å². The highest BCUT2D eigenvalue weighted by molar-refractivity contribution is 8.03. The first-order valence-corrected chi connectivity index (χ1v) is 7.07. The van der Waals surface area contributed by atoms with Gasteiger partial charge in [0, 0.05) is 5.75 Å². The molecule has 18 heavy (non-hydrogen) atoms. The van der Waals surface area contributed by atoms with Gasteiger partial charge in [-0.3, -0.25) is 0 Å². The molecule has 0 aliphatic rings. The average molecular weight is 276 g/mol. The third-order valence-electron chi connectivity index (χ3n) is 2.90. The zero-order valence-electron chi connectivity index (χ0n) is 10.2. The normalized spacial score (nSPS) is 12.6. The van der Waals surface area contributed by atoms with Crippen molar-refractivity contribution >= 4 is 35.2 Å². The van der Waals surface area contributed by atoms with E-state index in [4.69, 9.17) is 11.5 Å². The van der Waals surface area contributed by atoms with E-state index < -0.39 is 0 Å². The number of hydrogen-bond acceptors (Lipinski definition) is 4. The Morgan fingerprint density at radius 3 is 2.61 bits per heavy atom. The largest absolute Gasteiger partial charge is 0.392 e. The van der Waals surface area contributed by atoms with E-state index in [-0.39, 0.29) is 0 Å². The maximum atomic E-state index is 5.80. The first-order chi connectivity index (χ1) is 8.59. The number of fused-ring (bicyclic) bond motifs is 1. The van der Waals surface area contributed by atoms with Crippen molar-refractivity contribution in [1.82, 2.24) is 0 Å². The fraction of sp³-hybridized carbons (Fsp3) is 0.143. The minimum absolute atomic E-state index is 0.387. The topological polar surface area (TPSA) is 52.0 Å². The molecule has 4 N–H and O–H groups in total. The Balaban J connectivity index is 2.38. The average Bonchev–Trinajstić information content (AvgIpc) is 2.37. The standard InChI is InChI=1S/C14H16N2S2/c1-9-6-7-10-4-2-3-5-11(10)12(9)8-18-14(16)13(15)17/h2-7,17H,8,15-16H2,1H3/b14-13+. The molecular formula is C14H16N2S2. The summed E-state index contributed by atoms with van der Waals surface area (Å²) in [5, 5.41) is 3.49. The van der Waals surface area contributed by atoms with Crippen LogP contribution >= 0.6 is 24.4 Å². The Kier molecular flexibility index (Phi) is 4.09. The minimum Gasteiger partial charge on any atom is -0.392 e. The first-order valence-electron chi connectivity index (χ1n) is 5.64. The molecule has 0 atom stereocenters. The monoisotopic (exact) mass is 276 g/mol. The second-order valence-electron chi connectivity index (χ2n) is 4.12. The van der Waals surface area contributed by atoms with Gasteiger partial charge in [0.1, 0.15) is 0 Å². The maximum Gasteiger partial charge on any atom is 0.0957 e. The molecular weight excluding hydrogens is 260 g/mol. The summed E-state index contributed by atoms with van der Waals surface area (Å²) in [7, 11) is 0. The molecule has 2 aromatic rings. The Morgan fingerprint density at radius 1 is 1.17 bits per heavy atom. The molecule has 4 heteroatoms. The summed E-state index contributed by atoms with van der Waals surface area (Å²) in [6.07, 6.45) is 0. The van der Waals surface area contributed by atoms with Gasteiger partial charge in [-0.15, -0.1) is 24.4 Å². The number of nitrogens with two attached hydrogens (primary N) is 2. The second-order valence-corrected chi connectivity index (χ2v) is 5.62. The first kappa shape index (κ1) is 13.2. The maximum absolute atomic E-state index is 5.80. The van der Waals surface area contributed by atoms with E-state index in [1.54, 1.807) is 0 Å². The lowest BCUT2D eigenvalue weighted by Gasteiger charge is -2.10. The molecule has 0 saturated carbocycles. The third kappa shape index (κ3) is 2.76. The molecule has 0 aliphatic heterocycles. The van der Waals surface area contributed by atoms with E-state index >= 15 is 0 Å². The van der Waals surface area contributed by atoms with Gasteiger partial charge in [0.2, 0.25) is 0 Å². The van der Waals surface area contributed by atoms with Crippen molar-refractivity contribution in [2.24, 2.45) is 11.5 Å². The van der Waals surface area contributed by atoms with E-state index in [2.05, 4.69) is 56.0 Å². The number of hydrogen-bond donors (Lipinski definition) is 3. The lowest BCUT2D eigenvalue weighted by molar-refractivity contribution is 1.34. The lowest BCUT2D eigenvalue weighted by Crippen LogP contribution is -2.02. The molecule has 0 saturated heterocycles. The summed E-state index contributed by atoms with van der Waals surface area (Å²) in [6, 6.07) is 12.7. The number of aryl methyl sites for hydroxylation is 1. The third-order valence-corrected chi connectivity index (χ3v) is 4.26. The van der Waals surface area contributed by atoms with Crippen LogP contribution < -0.4 is 11.5 Å². The fourth-order valence-corrected chi connectivity index (χ4v) is 2.88. The summed E-state index contributed by atoms with van der Waals surface area (Å²) >= 11 is 5.57.